The number of aryl methyl sites for hydroxylation is 1. The van der Waals surface area contributed by atoms with Crippen LogP contribution < -0.4 is 10.6 Å². The number of furan rings is 1. The van der Waals surface area contributed by atoms with Crippen molar-refractivity contribution in [3.05, 3.63) is 59.2 Å². The van der Waals surface area contributed by atoms with Crippen molar-refractivity contribution in [3.63, 3.8) is 0 Å². The number of Topliss-reactive ketones (excluding diaryl/α,β-unsaturated/α-hetero) is 1. The summed E-state index contributed by atoms with van der Waals surface area (Å²) in [7, 11) is 0. The second kappa shape index (κ2) is 5.26. The van der Waals surface area contributed by atoms with Crippen LogP contribution in [0, 0.1) is 12.3 Å². The zero-order chi connectivity index (χ0) is 16.9. The van der Waals surface area contributed by atoms with Crippen molar-refractivity contribution in [3.8, 4) is 0 Å². The molecule has 1 aromatic heterocycles. The second-order valence-corrected chi connectivity index (χ2v) is 7.53. The third kappa shape index (κ3) is 2.52. The lowest BCUT2D eigenvalue weighted by Gasteiger charge is -2.33. The maximum absolute atomic E-state index is 13.0. The zero-order valence-corrected chi connectivity index (χ0v) is 14.3. The molecule has 4 nitrogen and oxygen atoms in total. The molecule has 1 aliphatic heterocycles. The highest BCUT2D eigenvalue weighted by atomic mass is 16.3. The van der Waals surface area contributed by atoms with Crippen molar-refractivity contribution in [2.24, 2.45) is 5.41 Å². The van der Waals surface area contributed by atoms with Crippen LogP contribution in [0.3, 0.4) is 0 Å². The first-order valence-corrected chi connectivity index (χ1v) is 8.38. The first-order valence-electron chi connectivity index (χ1n) is 8.38. The predicted molar refractivity (Wildman–Crippen MR) is 94.9 cm³/mol. The number of carbonyl (C=O) groups is 1. The normalized spacial score (nSPS) is 22.1. The first kappa shape index (κ1) is 15.1. The molecule has 2 aliphatic rings. The van der Waals surface area contributed by atoms with Gasteiger partial charge in [-0.25, -0.2) is 0 Å². The standard InChI is InChI=1S/C20H22N2O2/c1-12-8-9-17(24-12)19-18-15(10-20(2,3)11-16(18)23)21-13-6-4-5-7-14(13)22-19/h4-9,19,21-22H,10-11H2,1-3H3. The first-order chi connectivity index (χ1) is 11.4. The minimum Gasteiger partial charge on any atom is -0.464 e. The second-order valence-electron chi connectivity index (χ2n) is 7.53. The Hall–Kier alpha value is -2.49. The number of benzene rings is 1. The summed E-state index contributed by atoms with van der Waals surface area (Å²) in [5.41, 5.74) is 3.76. The van der Waals surface area contributed by atoms with E-state index in [-0.39, 0.29) is 17.2 Å². The summed E-state index contributed by atoms with van der Waals surface area (Å²) in [6.07, 6.45) is 1.40. The molecule has 0 spiro atoms. The molecule has 124 valence electrons. The number of ketones is 1. The lowest BCUT2D eigenvalue weighted by atomic mass is 9.74. The molecule has 2 heterocycles. The number of hydrogen-bond donors (Lipinski definition) is 2. The highest BCUT2D eigenvalue weighted by Gasteiger charge is 2.39. The van der Waals surface area contributed by atoms with Crippen LogP contribution in [0.5, 0.6) is 0 Å². The van der Waals surface area contributed by atoms with Gasteiger partial charge < -0.3 is 15.1 Å². The van der Waals surface area contributed by atoms with Crippen LogP contribution in [0.15, 0.2) is 52.1 Å². The summed E-state index contributed by atoms with van der Waals surface area (Å²) in [6.45, 7) is 6.22. The Morgan fingerprint density at radius 2 is 1.83 bits per heavy atom. The molecule has 2 aromatic rings. The minimum atomic E-state index is -0.256. The van der Waals surface area contributed by atoms with Gasteiger partial charge in [-0.2, -0.15) is 0 Å². The molecule has 0 fully saturated rings. The summed E-state index contributed by atoms with van der Waals surface area (Å²) in [5, 5.41) is 7.02. The number of allylic oxidation sites excluding steroid dienone is 1. The van der Waals surface area contributed by atoms with Crippen molar-refractivity contribution in [1.82, 2.24) is 0 Å². The molecule has 0 bridgehead atoms. The van der Waals surface area contributed by atoms with Gasteiger partial charge in [0.05, 0.1) is 11.4 Å². The highest BCUT2D eigenvalue weighted by Crippen LogP contribution is 2.45. The van der Waals surface area contributed by atoms with E-state index in [4.69, 9.17) is 4.42 Å². The van der Waals surface area contributed by atoms with E-state index in [1.165, 1.54) is 0 Å². The fraction of sp³-hybridized carbons (Fsp3) is 0.350. The van der Waals surface area contributed by atoms with Gasteiger partial charge in [0.15, 0.2) is 5.78 Å². The van der Waals surface area contributed by atoms with Gasteiger partial charge in [0, 0.05) is 17.7 Å². The van der Waals surface area contributed by atoms with Gasteiger partial charge in [0.2, 0.25) is 0 Å². The van der Waals surface area contributed by atoms with Crippen LogP contribution >= 0.6 is 0 Å². The molecule has 4 rings (SSSR count). The Labute approximate surface area is 141 Å². The van der Waals surface area contributed by atoms with E-state index in [1.807, 2.05) is 43.3 Å². The molecule has 0 radical (unpaired) electrons. The SMILES string of the molecule is Cc1ccc(C2Nc3ccccc3NC3=C2C(=O)CC(C)(C)C3)o1. The van der Waals surface area contributed by atoms with Crippen molar-refractivity contribution in [1.29, 1.82) is 0 Å². The zero-order valence-electron chi connectivity index (χ0n) is 14.3. The Balaban J connectivity index is 1.88. The van der Waals surface area contributed by atoms with Crippen LogP contribution in [0.25, 0.3) is 0 Å². The Bertz CT molecular complexity index is 845. The van der Waals surface area contributed by atoms with Gasteiger partial charge in [-0.15, -0.1) is 0 Å². The van der Waals surface area contributed by atoms with Crippen molar-refractivity contribution in [2.75, 3.05) is 10.6 Å². The average Bonchev–Trinajstić information content (AvgIpc) is 2.85. The molecule has 24 heavy (non-hydrogen) atoms. The fourth-order valence-corrected chi connectivity index (χ4v) is 3.71. The summed E-state index contributed by atoms with van der Waals surface area (Å²) in [6, 6.07) is 11.7. The van der Waals surface area contributed by atoms with Crippen molar-refractivity contribution in [2.45, 2.75) is 39.7 Å². The van der Waals surface area contributed by atoms with E-state index in [0.29, 0.717) is 6.42 Å². The maximum Gasteiger partial charge on any atom is 0.163 e. The van der Waals surface area contributed by atoms with Crippen LogP contribution in [0.4, 0.5) is 11.4 Å². The minimum absolute atomic E-state index is 0.0359. The molecule has 0 saturated heterocycles. The summed E-state index contributed by atoms with van der Waals surface area (Å²) in [4.78, 5) is 13.0. The van der Waals surface area contributed by atoms with E-state index >= 15 is 0 Å². The van der Waals surface area contributed by atoms with E-state index in [2.05, 4.69) is 24.5 Å². The van der Waals surface area contributed by atoms with Gasteiger partial charge in [0.25, 0.3) is 0 Å². The summed E-state index contributed by atoms with van der Waals surface area (Å²) >= 11 is 0. The van der Waals surface area contributed by atoms with Gasteiger partial charge >= 0.3 is 0 Å². The molecule has 1 aromatic carbocycles. The average molecular weight is 322 g/mol. The lowest BCUT2D eigenvalue weighted by Crippen LogP contribution is -2.31. The largest absolute Gasteiger partial charge is 0.464 e. The fourth-order valence-electron chi connectivity index (χ4n) is 3.71. The van der Waals surface area contributed by atoms with E-state index < -0.39 is 0 Å². The van der Waals surface area contributed by atoms with E-state index in [0.717, 1.165) is 40.6 Å². The van der Waals surface area contributed by atoms with E-state index in [9.17, 15) is 4.79 Å². The molecule has 1 unspecified atom stereocenters. The Kier molecular flexibility index (Phi) is 3.30. The molecule has 1 aliphatic carbocycles. The number of carbonyl (C=O) groups excluding carboxylic acids is 1. The number of rotatable bonds is 1. The third-order valence-corrected chi connectivity index (χ3v) is 4.77. The Morgan fingerprint density at radius 3 is 2.54 bits per heavy atom. The molecule has 0 saturated carbocycles. The molecule has 4 heteroatoms. The molecular formula is C20H22N2O2. The molecule has 0 amide bonds. The number of anilines is 2. The van der Waals surface area contributed by atoms with E-state index in [1.54, 1.807) is 0 Å². The monoisotopic (exact) mass is 322 g/mol. The quantitative estimate of drug-likeness (QED) is 0.791. The smallest absolute Gasteiger partial charge is 0.163 e. The predicted octanol–water partition coefficient (Wildman–Crippen LogP) is 4.81. The van der Waals surface area contributed by atoms with Crippen LogP contribution in [0.1, 0.15) is 44.3 Å². The molecule has 2 N–H and O–H groups in total. The van der Waals surface area contributed by atoms with Gasteiger partial charge in [-0.3, -0.25) is 4.79 Å². The highest BCUT2D eigenvalue weighted by molar-refractivity contribution is 6.00. The third-order valence-electron chi connectivity index (χ3n) is 4.77. The molecule has 1 atom stereocenters. The summed E-state index contributed by atoms with van der Waals surface area (Å²) in [5.74, 6) is 1.82. The molecular weight excluding hydrogens is 300 g/mol. The van der Waals surface area contributed by atoms with Gasteiger partial charge in [-0.1, -0.05) is 26.0 Å². The van der Waals surface area contributed by atoms with Crippen molar-refractivity contribution < 1.29 is 9.21 Å². The number of nitrogens with one attached hydrogen (secondary N) is 2. The maximum atomic E-state index is 13.0. The van der Waals surface area contributed by atoms with Crippen LogP contribution in [-0.2, 0) is 4.79 Å². The number of para-hydroxylation sites is 2. The van der Waals surface area contributed by atoms with Crippen molar-refractivity contribution >= 4 is 17.2 Å². The number of fused-ring (bicyclic) bond motifs is 1. The lowest BCUT2D eigenvalue weighted by molar-refractivity contribution is -0.118. The van der Waals surface area contributed by atoms with Gasteiger partial charge in [-0.05, 0) is 43.0 Å². The Morgan fingerprint density at radius 1 is 1.08 bits per heavy atom. The van der Waals surface area contributed by atoms with Crippen LogP contribution in [0.2, 0.25) is 0 Å². The van der Waals surface area contributed by atoms with Crippen LogP contribution in [-0.4, -0.2) is 5.78 Å². The topological polar surface area (TPSA) is 54.3 Å². The summed E-state index contributed by atoms with van der Waals surface area (Å²) < 4.78 is 5.87. The number of hydrogen-bond acceptors (Lipinski definition) is 4. The van der Waals surface area contributed by atoms with Gasteiger partial charge in [0.1, 0.15) is 17.6 Å².